The summed E-state index contributed by atoms with van der Waals surface area (Å²) in [5, 5.41) is 3.10. The number of hydrogen-bond donors (Lipinski definition) is 1. The van der Waals surface area contributed by atoms with Crippen molar-refractivity contribution < 1.29 is 0 Å². The zero-order valence-electron chi connectivity index (χ0n) is 9.81. The van der Waals surface area contributed by atoms with Crippen molar-refractivity contribution >= 4 is 21.9 Å². The van der Waals surface area contributed by atoms with Gasteiger partial charge in [-0.15, -0.1) is 0 Å². The normalized spacial score (nSPS) is 10.5. The molecule has 2 aromatic rings. The average molecular weight is 296 g/mol. The lowest BCUT2D eigenvalue weighted by Crippen LogP contribution is -2.08. The molecule has 90 valence electrons. The highest BCUT2D eigenvalue weighted by Gasteiger charge is 2.10. The third kappa shape index (κ3) is 2.46. The second-order valence-electron chi connectivity index (χ2n) is 3.46. The van der Waals surface area contributed by atoms with Crippen LogP contribution in [0.5, 0.6) is 0 Å². The number of aryl methyl sites for hydroxylation is 1. The monoisotopic (exact) mass is 295 g/mol. The Hall–Kier alpha value is -1.43. The van der Waals surface area contributed by atoms with E-state index in [2.05, 4.69) is 43.1 Å². The predicted octanol–water partition coefficient (Wildman–Crippen LogP) is 2.42. The topological polar surface area (TPSA) is 55.6 Å². The Kier molecular flexibility index (Phi) is 3.73. The zero-order valence-corrected chi connectivity index (χ0v) is 11.4. The van der Waals surface area contributed by atoms with Crippen LogP contribution in [0.25, 0.3) is 5.82 Å². The third-order valence-electron chi connectivity index (χ3n) is 2.32. The van der Waals surface area contributed by atoms with Gasteiger partial charge in [0.2, 0.25) is 5.95 Å². The van der Waals surface area contributed by atoms with Gasteiger partial charge in [-0.2, -0.15) is 4.98 Å². The smallest absolute Gasteiger partial charge is 0.224 e. The minimum absolute atomic E-state index is 0.626. The Labute approximate surface area is 108 Å². The van der Waals surface area contributed by atoms with Crippen molar-refractivity contribution in [3.05, 3.63) is 28.9 Å². The molecular weight excluding hydrogens is 282 g/mol. The number of nitrogens with one attached hydrogen (secondary N) is 1. The van der Waals surface area contributed by atoms with Gasteiger partial charge in [0.05, 0.1) is 4.47 Å². The molecule has 2 heterocycles. The fourth-order valence-corrected chi connectivity index (χ4v) is 1.94. The average Bonchev–Trinajstić information content (AvgIpc) is 2.80. The van der Waals surface area contributed by atoms with Gasteiger partial charge in [0, 0.05) is 31.6 Å². The molecule has 0 unspecified atom stereocenters. The Bertz CT molecular complexity index is 508. The van der Waals surface area contributed by atoms with E-state index in [0.29, 0.717) is 5.95 Å². The van der Waals surface area contributed by atoms with Crippen LogP contribution in [0.3, 0.4) is 0 Å². The molecule has 5 nitrogen and oxygen atoms in total. The van der Waals surface area contributed by atoms with Crippen LogP contribution < -0.4 is 5.32 Å². The first kappa shape index (κ1) is 12.0. The second kappa shape index (κ2) is 5.27. The zero-order chi connectivity index (χ0) is 12.3. The van der Waals surface area contributed by atoms with Gasteiger partial charge >= 0.3 is 0 Å². The lowest BCUT2D eigenvalue weighted by atomic mass is 10.4. The molecule has 0 atom stereocenters. The first-order valence-corrected chi connectivity index (χ1v) is 6.34. The molecule has 17 heavy (non-hydrogen) atoms. The van der Waals surface area contributed by atoms with E-state index < -0.39 is 0 Å². The summed E-state index contributed by atoms with van der Waals surface area (Å²) >= 11 is 3.46. The number of imidazole rings is 1. The van der Waals surface area contributed by atoms with E-state index in [4.69, 9.17) is 0 Å². The summed E-state index contributed by atoms with van der Waals surface area (Å²) in [5.74, 6) is 2.42. The molecule has 0 spiro atoms. The van der Waals surface area contributed by atoms with Crippen LogP contribution in [0, 0.1) is 0 Å². The van der Waals surface area contributed by atoms with Crippen molar-refractivity contribution in [2.75, 3.05) is 11.9 Å². The van der Waals surface area contributed by atoms with Crippen molar-refractivity contribution in [3.63, 3.8) is 0 Å². The van der Waals surface area contributed by atoms with Gasteiger partial charge in [-0.25, -0.2) is 9.97 Å². The summed E-state index contributed by atoms with van der Waals surface area (Å²) in [4.78, 5) is 12.9. The highest BCUT2D eigenvalue weighted by Crippen LogP contribution is 2.20. The standard InChI is InChI=1S/C11H14BrN5/c1-3-9-14-5-6-17(9)10-8(12)7-15-11(16-10)13-4-2/h5-7H,3-4H2,1-2H3,(H,13,15,16). The minimum atomic E-state index is 0.626. The summed E-state index contributed by atoms with van der Waals surface area (Å²) < 4.78 is 2.82. The van der Waals surface area contributed by atoms with Crippen LogP contribution in [0.2, 0.25) is 0 Å². The number of nitrogens with zero attached hydrogens (tertiary/aromatic N) is 4. The molecule has 0 aromatic carbocycles. The highest BCUT2D eigenvalue weighted by molar-refractivity contribution is 9.10. The molecule has 1 N–H and O–H groups in total. The van der Waals surface area contributed by atoms with Crippen LogP contribution in [-0.4, -0.2) is 26.1 Å². The summed E-state index contributed by atoms with van der Waals surface area (Å²) in [6.07, 6.45) is 6.29. The van der Waals surface area contributed by atoms with Crippen molar-refractivity contribution in [2.24, 2.45) is 0 Å². The summed E-state index contributed by atoms with van der Waals surface area (Å²) in [6, 6.07) is 0. The van der Waals surface area contributed by atoms with E-state index in [1.54, 1.807) is 12.4 Å². The Morgan fingerprint density at radius 3 is 2.88 bits per heavy atom. The van der Waals surface area contributed by atoms with Gasteiger partial charge in [-0.05, 0) is 22.9 Å². The Morgan fingerprint density at radius 1 is 1.35 bits per heavy atom. The first-order chi connectivity index (χ1) is 8.26. The summed E-state index contributed by atoms with van der Waals surface area (Å²) in [5.41, 5.74) is 0. The van der Waals surface area contributed by atoms with Gasteiger partial charge in [-0.3, -0.25) is 4.57 Å². The van der Waals surface area contributed by atoms with E-state index in [1.165, 1.54) is 0 Å². The maximum atomic E-state index is 4.47. The predicted molar refractivity (Wildman–Crippen MR) is 70.4 cm³/mol. The molecule has 0 saturated carbocycles. The van der Waals surface area contributed by atoms with Crippen LogP contribution in [-0.2, 0) is 6.42 Å². The minimum Gasteiger partial charge on any atom is -0.354 e. The Balaban J connectivity index is 2.46. The Morgan fingerprint density at radius 2 is 2.18 bits per heavy atom. The summed E-state index contributed by atoms with van der Waals surface area (Å²) in [7, 11) is 0. The number of halogens is 1. The lowest BCUT2D eigenvalue weighted by Gasteiger charge is -2.09. The van der Waals surface area contributed by atoms with Gasteiger partial charge in [0.15, 0.2) is 5.82 Å². The molecule has 2 rings (SSSR count). The van der Waals surface area contributed by atoms with Crippen LogP contribution in [0.4, 0.5) is 5.95 Å². The van der Waals surface area contributed by atoms with Crippen LogP contribution in [0.1, 0.15) is 19.7 Å². The van der Waals surface area contributed by atoms with Crippen molar-refractivity contribution in [1.82, 2.24) is 19.5 Å². The molecule has 2 aromatic heterocycles. The van der Waals surface area contributed by atoms with Gasteiger partial charge in [-0.1, -0.05) is 6.92 Å². The molecule has 0 bridgehead atoms. The fourth-order valence-electron chi connectivity index (χ4n) is 1.56. The van der Waals surface area contributed by atoms with Gasteiger partial charge < -0.3 is 5.32 Å². The molecule has 0 radical (unpaired) electrons. The molecule has 0 aliphatic carbocycles. The molecule has 0 fully saturated rings. The van der Waals surface area contributed by atoms with Crippen molar-refractivity contribution in [3.8, 4) is 5.82 Å². The summed E-state index contributed by atoms with van der Waals surface area (Å²) in [6.45, 7) is 4.88. The fraction of sp³-hybridized carbons (Fsp3) is 0.364. The first-order valence-electron chi connectivity index (χ1n) is 5.55. The molecular formula is C11H14BrN5. The lowest BCUT2D eigenvalue weighted by molar-refractivity contribution is 0.856. The molecule has 0 aliphatic rings. The molecule has 0 amide bonds. The van der Waals surface area contributed by atoms with E-state index >= 15 is 0 Å². The van der Waals surface area contributed by atoms with Crippen LogP contribution in [0.15, 0.2) is 23.1 Å². The van der Waals surface area contributed by atoms with Gasteiger partial charge in [0.25, 0.3) is 0 Å². The van der Waals surface area contributed by atoms with Crippen LogP contribution >= 0.6 is 15.9 Å². The second-order valence-corrected chi connectivity index (χ2v) is 4.32. The molecule has 0 saturated heterocycles. The van der Waals surface area contributed by atoms with Gasteiger partial charge in [0.1, 0.15) is 5.82 Å². The maximum absolute atomic E-state index is 4.47. The SMILES string of the molecule is CCNc1ncc(Br)c(-n2ccnc2CC)n1. The number of rotatable bonds is 4. The third-order valence-corrected chi connectivity index (χ3v) is 2.88. The number of anilines is 1. The largest absolute Gasteiger partial charge is 0.354 e. The van der Waals surface area contributed by atoms with E-state index in [-0.39, 0.29) is 0 Å². The van der Waals surface area contributed by atoms with Crippen molar-refractivity contribution in [2.45, 2.75) is 20.3 Å². The maximum Gasteiger partial charge on any atom is 0.224 e. The van der Waals surface area contributed by atoms with E-state index in [9.17, 15) is 0 Å². The highest BCUT2D eigenvalue weighted by atomic mass is 79.9. The number of aromatic nitrogens is 4. The quantitative estimate of drug-likeness (QED) is 0.941. The van der Waals surface area contributed by atoms with Crippen molar-refractivity contribution in [1.29, 1.82) is 0 Å². The number of hydrogen-bond acceptors (Lipinski definition) is 4. The molecule has 0 aliphatic heterocycles. The molecule has 6 heteroatoms. The van der Waals surface area contributed by atoms with E-state index in [0.717, 1.165) is 29.1 Å². The van der Waals surface area contributed by atoms with E-state index in [1.807, 2.05) is 17.7 Å².